The number of hydrogen-bond donors (Lipinski definition) is 1. The number of likely N-dealkylation sites (tertiary alicyclic amines) is 1. The van der Waals surface area contributed by atoms with Gasteiger partial charge in [0.25, 0.3) is 5.91 Å². The molecule has 2 saturated heterocycles. The van der Waals surface area contributed by atoms with Crippen molar-refractivity contribution >= 4 is 28.3 Å². The molecule has 10 heteroatoms. The highest BCUT2D eigenvalue weighted by molar-refractivity contribution is 7.89. The highest BCUT2D eigenvalue weighted by atomic mass is 35.5. The summed E-state index contributed by atoms with van der Waals surface area (Å²) in [5, 5.41) is 0. The lowest BCUT2D eigenvalue weighted by Crippen LogP contribution is -2.41. The van der Waals surface area contributed by atoms with Crippen molar-refractivity contribution in [3.8, 4) is 5.75 Å². The van der Waals surface area contributed by atoms with Crippen molar-refractivity contribution in [2.75, 3.05) is 46.5 Å². The second-order valence-electron chi connectivity index (χ2n) is 6.41. The smallest absolute Gasteiger partial charge is 0.254 e. The number of nitrogens with two attached hydrogens (primary N) is 1. The molecule has 2 aliphatic heterocycles. The minimum absolute atomic E-state index is 0. The molecule has 152 valence electrons. The third-order valence-corrected chi connectivity index (χ3v) is 6.83. The van der Waals surface area contributed by atoms with E-state index >= 15 is 0 Å². The molecule has 27 heavy (non-hydrogen) atoms. The molecule has 2 fully saturated rings. The summed E-state index contributed by atoms with van der Waals surface area (Å²) in [5.41, 5.74) is 6.09. The molecule has 0 saturated carbocycles. The van der Waals surface area contributed by atoms with Crippen LogP contribution in [0.25, 0.3) is 0 Å². The summed E-state index contributed by atoms with van der Waals surface area (Å²) >= 11 is 0. The molecule has 1 aromatic rings. The molecule has 0 aliphatic carbocycles. The van der Waals surface area contributed by atoms with Gasteiger partial charge in [-0.25, -0.2) is 8.42 Å². The van der Waals surface area contributed by atoms with E-state index in [1.54, 1.807) is 11.0 Å². The van der Waals surface area contributed by atoms with Gasteiger partial charge < -0.3 is 20.1 Å². The number of carbonyl (C=O) groups excluding carboxylic acids is 1. The summed E-state index contributed by atoms with van der Waals surface area (Å²) in [6.07, 6.45) is 1.78. The second kappa shape index (κ2) is 9.20. The summed E-state index contributed by atoms with van der Waals surface area (Å²) in [6.45, 7) is 2.31. The van der Waals surface area contributed by atoms with Gasteiger partial charge in [-0.3, -0.25) is 4.79 Å². The molecule has 0 radical (unpaired) electrons. The van der Waals surface area contributed by atoms with Crippen LogP contribution in [0.4, 0.5) is 0 Å². The van der Waals surface area contributed by atoms with Crippen LogP contribution in [0, 0.1) is 0 Å². The third-order valence-electron chi connectivity index (χ3n) is 4.91. The number of amides is 1. The van der Waals surface area contributed by atoms with Crippen molar-refractivity contribution in [1.29, 1.82) is 0 Å². The van der Waals surface area contributed by atoms with Gasteiger partial charge in [-0.2, -0.15) is 4.31 Å². The SMILES string of the molecule is COc1ccc(C(=O)N2CCCC2CN)cc1S(=O)(=O)N1CCOCC1.Cl. The number of halogens is 1. The highest BCUT2D eigenvalue weighted by Gasteiger charge is 2.32. The Morgan fingerprint density at radius 1 is 1.30 bits per heavy atom. The van der Waals surface area contributed by atoms with Crippen molar-refractivity contribution < 1.29 is 22.7 Å². The standard InChI is InChI=1S/C17H25N3O5S.ClH/c1-24-15-5-4-13(17(21)20-6-2-3-14(20)12-18)11-16(15)26(22,23)19-7-9-25-10-8-19;/h4-5,11,14H,2-3,6-10,12,18H2,1H3;1H. The monoisotopic (exact) mass is 419 g/mol. The quantitative estimate of drug-likeness (QED) is 0.753. The number of rotatable bonds is 5. The molecule has 0 aromatic heterocycles. The van der Waals surface area contributed by atoms with Crippen LogP contribution in [0.5, 0.6) is 5.75 Å². The molecule has 1 unspecified atom stereocenters. The predicted octanol–water partition coefficient (Wildman–Crippen LogP) is 0.701. The number of carbonyl (C=O) groups is 1. The Morgan fingerprint density at radius 2 is 2.00 bits per heavy atom. The van der Waals surface area contributed by atoms with Crippen LogP contribution in [0.1, 0.15) is 23.2 Å². The Morgan fingerprint density at radius 3 is 2.63 bits per heavy atom. The number of benzene rings is 1. The number of nitrogens with zero attached hydrogens (tertiary/aromatic N) is 2. The number of sulfonamides is 1. The fourth-order valence-electron chi connectivity index (χ4n) is 3.45. The molecular weight excluding hydrogens is 394 g/mol. The van der Waals surface area contributed by atoms with Crippen molar-refractivity contribution in [3.63, 3.8) is 0 Å². The maximum Gasteiger partial charge on any atom is 0.254 e. The van der Waals surface area contributed by atoms with Gasteiger partial charge >= 0.3 is 0 Å². The first kappa shape index (κ1) is 21.9. The lowest BCUT2D eigenvalue weighted by molar-refractivity contribution is 0.0728. The zero-order valence-electron chi connectivity index (χ0n) is 15.3. The van der Waals surface area contributed by atoms with Crippen LogP contribution in [0.2, 0.25) is 0 Å². The van der Waals surface area contributed by atoms with Crippen LogP contribution in [0.3, 0.4) is 0 Å². The third kappa shape index (κ3) is 4.38. The molecule has 2 N–H and O–H groups in total. The Labute approximate surface area is 166 Å². The van der Waals surface area contributed by atoms with Gasteiger partial charge in [0.2, 0.25) is 10.0 Å². The van der Waals surface area contributed by atoms with E-state index in [2.05, 4.69) is 0 Å². The molecule has 0 bridgehead atoms. The summed E-state index contributed by atoms with van der Waals surface area (Å²) in [7, 11) is -2.35. The van der Waals surface area contributed by atoms with E-state index in [1.807, 2.05) is 0 Å². The molecule has 1 amide bonds. The first-order valence-electron chi connectivity index (χ1n) is 8.76. The van der Waals surface area contributed by atoms with E-state index in [9.17, 15) is 13.2 Å². The summed E-state index contributed by atoms with van der Waals surface area (Å²) in [5.74, 6) is 0.0314. The van der Waals surface area contributed by atoms with Crippen molar-refractivity contribution in [2.45, 2.75) is 23.8 Å². The maximum atomic E-state index is 13.0. The van der Waals surface area contributed by atoms with Gasteiger partial charge in [0.1, 0.15) is 10.6 Å². The number of ether oxygens (including phenoxy) is 2. The van der Waals surface area contributed by atoms with Crippen LogP contribution in [0.15, 0.2) is 23.1 Å². The zero-order valence-corrected chi connectivity index (χ0v) is 16.9. The largest absolute Gasteiger partial charge is 0.495 e. The van der Waals surface area contributed by atoms with Crippen molar-refractivity contribution in [2.24, 2.45) is 5.73 Å². The van der Waals surface area contributed by atoms with E-state index in [4.69, 9.17) is 15.2 Å². The molecular formula is C17H26ClN3O5S. The lowest BCUT2D eigenvalue weighted by atomic mass is 10.1. The second-order valence-corrected chi connectivity index (χ2v) is 8.32. The first-order valence-corrected chi connectivity index (χ1v) is 10.2. The molecule has 3 rings (SSSR count). The van der Waals surface area contributed by atoms with Crippen LogP contribution in [-0.4, -0.2) is 76.1 Å². The Hall–Kier alpha value is -1.39. The predicted molar refractivity (Wildman–Crippen MR) is 103 cm³/mol. The topological polar surface area (TPSA) is 102 Å². The number of morpholine rings is 1. The zero-order chi connectivity index (χ0) is 18.7. The van der Waals surface area contributed by atoms with Gasteiger partial charge in [0.15, 0.2) is 0 Å². The fourth-order valence-corrected chi connectivity index (χ4v) is 5.04. The van der Waals surface area contributed by atoms with E-state index in [0.29, 0.717) is 31.9 Å². The number of hydrogen-bond acceptors (Lipinski definition) is 6. The minimum atomic E-state index is -3.77. The van der Waals surface area contributed by atoms with Crippen LogP contribution < -0.4 is 10.5 Å². The average Bonchev–Trinajstić information content (AvgIpc) is 3.16. The summed E-state index contributed by atoms with van der Waals surface area (Å²) in [6, 6.07) is 4.56. The summed E-state index contributed by atoms with van der Waals surface area (Å²) < 4.78 is 37.9. The normalized spacial score (nSPS) is 21.0. The van der Waals surface area contributed by atoms with E-state index in [-0.39, 0.29) is 48.1 Å². The average molecular weight is 420 g/mol. The van der Waals surface area contributed by atoms with E-state index in [1.165, 1.54) is 23.5 Å². The Bertz CT molecular complexity index is 768. The van der Waals surface area contributed by atoms with Crippen LogP contribution >= 0.6 is 12.4 Å². The molecule has 1 atom stereocenters. The van der Waals surface area contributed by atoms with Gasteiger partial charge in [0, 0.05) is 37.8 Å². The van der Waals surface area contributed by atoms with Gasteiger partial charge in [-0.15, -0.1) is 12.4 Å². The minimum Gasteiger partial charge on any atom is -0.495 e. The molecule has 2 heterocycles. The lowest BCUT2D eigenvalue weighted by Gasteiger charge is -2.27. The molecule has 2 aliphatic rings. The van der Waals surface area contributed by atoms with Gasteiger partial charge in [-0.05, 0) is 31.0 Å². The molecule has 8 nitrogen and oxygen atoms in total. The van der Waals surface area contributed by atoms with Gasteiger partial charge in [-0.1, -0.05) is 0 Å². The molecule has 0 spiro atoms. The van der Waals surface area contributed by atoms with Crippen molar-refractivity contribution in [3.05, 3.63) is 23.8 Å². The first-order chi connectivity index (χ1) is 12.5. The van der Waals surface area contributed by atoms with Gasteiger partial charge in [0.05, 0.1) is 20.3 Å². The number of methoxy groups -OCH3 is 1. The Kier molecular flexibility index (Phi) is 7.47. The van der Waals surface area contributed by atoms with E-state index in [0.717, 1.165) is 12.8 Å². The fraction of sp³-hybridized carbons (Fsp3) is 0.588. The maximum absolute atomic E-state index is 13.0. The Balaban J connectivity index is 0.00000261. The van der Waals surface area contributed by atoms with Crippen molar-refractivity contribution in [1.82, 2.24) is 9.21 Å². The van der Waals surface area contributed by atoms with Crippen LogP contribution in [-0.2, 0) is 14.8 Å². The summed E-state index contributed by atoms with van der Waals surface area (Å²) in [4.78, 5) is 14.6. The molecule has 1 aromatic carbocycles. The highest BCUT2D eigenvalue weighted by Crippen LogP contribution is 2.30. The van der Waals surface area contributed by atoms with E-state index < -0.39 is 10.0 Å².